The van der Waals surface area contributed by atoms with Gasteiger partial charge in [-0.15, -0.1) is 0 Å². The number of pyridine rings is 1. The summed E-state index contributed by atoms with van der Waals surface area (Å²) in [6, 6.07) is 2.88. The zero-order valence-corrected chi connectivity index (χ0v) is 12.3. The summed E-state index contributed by atoms with van der Waals surface area (Å²) < 4.78 is 26.9. The summed E-state index contributed by atoms with van der Waals surface area (Å²) in [5.41, 5.74) is 2.34. The quantitative estimate of drug-likeness (QED) is 0.547. The van der Waals surface area contributed by atoms with Crippen molar-refractivity contribution in [3.05, 3.63) is 18.3 Å². The number of hydrazine groups is 1. The molecule has 0 aliphatic heterocycles. The molecule has 6 nitrogen and oxygen atoms in total. The van der Waals surface area contributed by atoms with Crippen LogP contribution in [-0.2, 0) is 10.0 Å². The minimum absolute atomic E-state index is 0.184. The SMILES string of the molecule is NNc1cc(S(=O)(=O)NCCC2CCCCC2)ccn1. The third-order valence-electron chi connectivity index (χ3n) is 3.76. The first-order chi connectivity index (χ1) is 9.62. The van der Waals surface area contributed by atoms with E-state index in [2.05, 4.69) is 15.1 Å². The van der Waals surface area contributed by atoms with Crippen molar-refractivity contribution in [2.45, 2.75) is 43.4 Å². The van der Waals surface area contributed by atoms with Gasteiger partial charge in [0.15, 0.2) is 0 Å². The number of nitrogens with two attached hydrogens (primary N) is 1. The van der Waals surface area contributed by atoms with Crippen LogP contribution in [0.5, 0.6) is 0 Å². The molecule has 1 aromatic rings. The molecule has 7 heteroatoms. The Morgan fingerprint density at radius 1 is 1.30 bits per heavy atom. The first-order valence-corrected chi connectivity index (χ1v) is 8.52. The maximum atomic E-state index is 12.1. The number of nitrogens with one attached hydrogen (secondary N) is 2. The van der Waals surface area contributed by atoms with Crippen molar-refractivity contribution in [3.8, 4) is 0 Å². The van der Waals surface area contributed by atoms with E-state index in [0.717, 1.165) is 6.42 Å². The molecule has 20 heavy (non-hydrogen) atoms. The Labute approximate surface area is 120 Å². The highest BCUT2D eigenvalue weighted by Crippen LogP contribution is 2.25. The summed E-state index contributed by atoms with van der Waals surface area (Å²) in [7, 11) is -3.48. The molecule has 1 saturated carbocycles. The molecule has 112 valence electrons. The van der Waals surface area contributed by atoms with Crippen molar-refractivity contribution in [2.24, 2.45) is 11.8 Å². The van der Waals surface area contributed by atoms with Crippen LogP contribution < -0.4 is 16.0 Å². The molecule has 1 aliphatic rings. The summed E-state index contributed by atoms with van der Waals surface area (Å²) in [4.78, 5) is 4.08. The average Bonchev–Trinajstić information content (AvgIpc) is 2.48. The van der Waals surface area contributed by atoms with E-state index in [4.69, 9.17) is 5.84 Å². The van der Waals surface area contributed by atoms with Gasteiger partial charge in [0.1, 0.15) is 5.82 Å². The van der Waals surface area contributed by atoms with Crippen LogP contribution in [0, 0.1) is 5.92 Å². The van der Waals surface area contributed by atoms with Crippen molar-refractivity contribution < 1.29 is 8.42 Å². The molecule has 0 atom stereocenters. The van der Waals surface area contributed by atoms with Crippen LogP contribution in [0.15, 0.2) is 23.2 Å². The number of hydrogen-bond donors (Lipinski definition) is 3. The number of sulfonamides is 1. The molecular weight excluding hydrogens is 276 g/mol. The molecular formula is C13H22N4O2S. The largest absolute Gasteiger partial charge is 0.308 e. The number of nitrogens with zero attached hydrogens (tertiary/aromatic N) is 1. The molecule has 0 amide bonds. The minimum Gasteiger partial charge on any atom is -0.308 e. The van der Waals surface area contributed by atoms with Gasteiger partial charge in [0.2, 0.25) is 10.0 Å². The summed E-state index contributed by atoms with van der Waals surface area (Å²) in [6.45, 7) is 0.487. The van der Waals surface area contributed by atoms with E-state index < -0.39 is 10.0 Å². The lowest BCUT2D eigenvalue weighted by molar-refractivity contribution is 0.339. The van der Waals surface area contributed by atoms with E-state index in [-0.39, 0.29) is 4.90 Å². The predicted octanol–water partition coefficient (Wildman–Crippen LogP) is 1.62. The second kappa shape index (κ2) is 7.01. The van der Waals surface area contributed by atoms with E-state index in [0.29, 0.717) is 18.3 Å². The van der Waals surface area contributed by atoms with Gasteiger partial charge in [-0.3, -0.25) is 0 Å². The van der Waals surface area contributed by atoms with Crippen molar-refractivity contribution in [3.63, 3.8) is 0 Å². The number of rotatable bonds is 6. The number of aromatic nitrogens is 1. The number of hydrogen-bond acceptors (Lipinski definition) is 5. The molecule has 0 spiro atoms. The average molecular weight is 298 g/mol. The van der Waals surface area contributed by atoms with Crippen LogP contribution in [0.25, 0.3) is 0 Å². The van der Waals surface area contributed by atoms with Crippen LogP contribution in [-0.4, -0.2) is 19.9 Å². The van der Waals surface area contributed by atoms with E-state index in [9.17, 15) is 8.42 Å². The molecule has 1 fully saturated rings. The topological polar surface area (TPSA) is 97.1 Å². The minimum atomic E-state index is -3.48. The molecule has 0 bridgehead atoms. The molecule has 1 aliphatic carbocycles. The van der Waals surface area contributed by atoms with E-state index >= 15 is 0 Å². The van der Waals surface area contributed by atoms with Crippen LogP contribution in [0.4, 0.5) is 5.82 Å². The molecule has 0 radical (unpaired) electrons. The lowest BCUT2D eigenvalue weighted by atomic mass is 9.87. The molecule has 0 unspecified atom stereocenters. The molecule has 1 heterocycles. The Hall–Kier alpha value is -1.18. The first kappa shape index (κ1) is 15.2. The third kappa shape index (κ3) is 4.16. The van der Waals surface area contributed by atoms with Crippen molar-refractivity contribution >= 4 is 15.8 Å². The third-order valence-corrected chi connectivity index (χ3v) is 5.22. The normalized spacial score (nSPS) is 17.1. The Morgan fingerprint density at radius 2 is 2.05 bits per heavy atom. The molecule has 0 saturated heterocycles. The van der Waals surface area contributed by atoms with Gasteiger partial charge in [-0.05, 0) is 18.4 Å². The highest BCUT2D eigenvalue weighted by molar-refractivity contribution is 7.89. The Morgan fingerprint density at radius 3 is 2.75 bits per heavy atom. The van der Waals surface area contributed by atoms with E-state index in [1.807, 2.05) is 0 Å². The summed E-state index contributed by atoms with van der Waals surface area (Å²) in [5.74, 6) is 6.22. The number of anilines is 1. The van der Waals surface area contributed by atoms with Crippen LogP contribution in [0.3, 0.4) is 0 Å². The summed E-state index contributed by atoms with van der Waals surface area (Å²) in [6.07, 6.45) is 8.63. The Balaban J connectivity index is 1.89. The molecule has 0 aromatic carbocycles. The lowest BCUT2D eigenvalue weighted by Crippen LogP contribution is -2.27. The van der Waals surface area contributed by atoms with E-state index in [1.165, 1.54) is 50.4 Å². The van der Waals surface area contributed by atoms with Gasteiger partial charge >= 0.3 is 0 Å². The van der Waals surface area contributed by atoms with Crippen molar-refractivity contribution in [1.82, 2.24) is 9.71 Å². The van der Waals surface area contributed by atoms with Gasteiger partial charge < -0.3 is 5.43 Å². The highest BCUT2D eigenvalue weighted by atomic mass is 32.2. The second-order valence-electron chi connectivity index (χ2n) is 5.21. The fourth-order valence-corrected chi connectivity index (χ4v) is 3.67. The standard InChI is InChI=1S/C13H22N4O2S/c14-17-13-10-12(7-8-15-13)20(18,19)16-9-6-11-4-2-1-3-5-11/h7-8,10-11,16H,1-6,9,14H2,(H,15,17). The molecule has 2 rings (SSSR count). The predicted molar refractivity (Wildman–Crippen MR) is 78.4 cm³/mol. The number of nitrogen functional groups attached to an aromatic ring is 1. The lowest BCUT2D eigenvalue weighted by Gasteiger charge is -2.21. The maximum Gasteiger partial charge on any atom is 0.240 e. The van der Waals surface area contributed by atoms with Gasteiger partial charge in [-0.1, -0.05) is 32.1 Å². The summed E-state index contributed by atoms with van der Waals surface area (Å²) >= 11 is 0. The van der Waals surface area contributed by atoms with Gasteiger partial charge in [-0.25, -0.2) is 24.0 Å². The van der Waals surface area contributed by atoms with E-state index in [1.54, 1.807) is 0 Å². The molecule has 1 aromatic heterocycles. The smallest absolute Gasteiger partial charge is 0.240 e. The Bertz CT molecular complexity index is 527. The van der Waals surface area contributed by atoms with Gasteiger partial charge in [0, 0.05) is 18.8 Å². The zero-order chi connectivity index (χ0) is 14.4. The van der Waals surface area contributed by atoms with Gasteiger partial charge in [0.25, 0.3) is 0 Å². The zero-order valence-electron chi connectivity index (χ0n) is 11.5. The second-order valence-corrected chi connectivity index (χ2v) is 6.98. The monoisotopic (exact) mass is 298 g/mol. The Kier molecular flexibility index (Phi) is 5.33. The van der Waals surface area contributed by atoms with Crippen molar-refractivity contribution in [2.75, 3.05) is 12.0 Å². The first-order valence-electron chi connectivity index (χ1n) is 7.04. The maximum absolute atomic E-state index is 12.1. The fourth-order valence-electron chi connectivity index (χ4n) is 2.61. The van der Waals surface area contributed by atoms with Gasteiger partial charge in [-0.2, -0.15) is 0 Å². The fraction of sp³-hybridized carbons (Fsp3) is 0.615. The van der Waals surface area contributed by atoms with Crippen LogP contribution in [0.2, 0.25) is 0 Å². The van der Waals surface area contributed by atoms with Crippen LogP contribution >= 0.6 is 0 Å². The van der Waals surface area contributed by atoms with Crippen molar-refractivity contribution in [1.29, 1.82) is 0 Å². The van der Waals surface area contributed by atoms with Gasteiger partial charge in [0.05, 0.1) is 4.90 Å². The van der Waals surface area contributed by atoms with Crippen LogP contribution in [0.1, 0.15) is 38.5 Å². The molecule has 4 N–H and O–H groups in total. The highest BCUT2D eigenvalue weighted by Gasteiger charge is 2.17. The summed E-state index contributed by atoms with van der Waals surface area (Å²) in [5, 5.41) is 0.